The summed E-state index contributed by atoms with van der Waals surface area (Å²) in [6, 6.07) is 7.82. The number of carbonyl (C=O) groups excluding carboxylic acids is 1. The van der Waals surface area contributed by atoms with Crippen LogP contribution in [0.15, 0.2) is 24.3 Å². The van der Waals surface area contributed by atoms with Crippen LogP contribution in [-0.4, -0.2) is 41.2 Å². The maximum absolute atomic E-state index is 11.9. The highest BCUT2D eigenvalue weighted by molar-refractivity contribution is 5.79. The first-order chi connectivity index (χ1) is 9.43. The van der Waals surface area contributed by atoms with Crippen LogP contribution in [-0.2, 0) is 4.79 Å². The van der Waals surface area contributed by atoms with Crippen molar-refractivity contribution in [3.63, 3.8) is 0 Å². The molecule has 0 aromatic heterocycles. The van der Waals surface area contributed by atoms with Crippen molar-refractivity contribution in [3.05, 3.63) is 29.8 Å². The molecule has 1 aromatic rings. The first-order valence-corrected chi connectivity index (χ1v) is 7.16. The van der Waals surface area contributed by atoms with Gasteiger partial charge in [-0.1, -0.05) is 32.9 Å². The van der Waals surface area contributed by atoms with E-state index in [1.807, 2.05) is 25.1 Å². The molecule has 4 heteroatoms. The Kier molecular flexibility index (Phi) is 4.33. The van der Waals surface area contributed by atoms with Gasteiger partial charge in [-0.25, -0.2) is 0 Å². The highest BCUT2D eigenvalue weighted by atomic mass is 16.5. The molecule has 1 amide bonds. The monoisotopic (exact) mass is 277 g/mol. The second-order valence-electron chi connectivity index (χ2n) is 5.84. The molecule has 0 bridgehead atoms. The van der Waals surface area contributed by atoms with E-state index in [4.69, 9.17) is 4.74 Å². The van der Waals surface area contributed by atoms with Crippen LogP contribution in [0.1, 0.15) is 38.7 Å². The molecule has 0 radical (unpaired) electrons. The first kappa shape index (κ1) is 14.9. The van der Waals surface area contributed by atoms with Gasteiger partial charge in [0, 0.05) is 0 Å². The topological polar surface area (TPSA) is 49.8 Å². The highest BCUT2D eigenvalue weighted by Crippen LogP contribution is 2.24. The molecule has 4 nitrogen and oxygen atoms in total. The minimum atomic E-state index is -0.687. The molecule has 0 saturated carbocycles. The summed E-state index contributed by atoms with van der Waals surface area (Å²) in [4.78, 5) is 13.5. The van der Waals surface area contributed by atoms with Gasteiger partial charge in [0.1, 0.15) is 5.75 Å². The Hall–Kier alpha value is -1.55. The second kappa shape index (κ2) is 5.83. The van der Waals surface area contributed by atoms with Crippen molar-refractivity contribution >= 4 is 5.91 Å². The van der Waals surface area contributed by atoms with E-state index in [1.54, 1.807) is 4.90 Å². The quantitative estimate of drug-likeness (QED) is 0.897. The average molecular weight is 277 g/mol. The van der Waals surface area contributed by atoms with E-state index in [1.165, 1.54) is 5.56 Å². The third-order valence-corrected chi connectivity index (χ3v) is 3.87. The molecular formula is C16H23NO3. The van der Waals surface area contributed by atoms with E-state index >= 15 is 0 Å². The molecule has 1 aliphatic rings. The third kappa shape index (κ3) is 3.31. The van der Waals surface area contributed by atoms with Gasteiger partial charge >= 0.3 is 0 Å². The van der Waals surface area contributed by atoms with Crippen molar-refractivity contribution in [2.24, 2.45) is 0 Å². The molecule has 1 heterocycles. The molecule has 1 aromatic carbocycles. The van der Waals surface area contributed by atoms with Crippen LogP contribution < -0.4 is 4.74 Å². The summed E-state index contributed by atoms with van der Waals surface area (Å²) in [5.41, 5.74) is 0.506. The Morgan fingerprint density at radius 3 is 2.75 bits per heavy atom. The largest absolute Gasteiger partial charge is 0.484 e. The van der Waals surface area contributed by atoms with Gasteiger partial charge in [-0.05, 0) is 30.0 Å². The zero-order valence-electron chi connectivity index (χ0n) is 12.4. The second-order valence-corrected chi connectivity index (χ2v) is 5.84. The number of hydrogen-bond acceptors (Lipinski definition) is 3. The molecule has 110 valence electrons. The fourth-order valence-electron chi connectivity index (χ4n) is 2.26. The Morgan fingerprint density at radius 2 is 2.15 bits per heavy atom. The maximum Gasteiger partial charge on any atom is 0.260 e. The normalized spacial score (nSPS) is 16.9. The molecule has 0 unspecified atom stereocenters. The Bertz CT molecular complexity index is 478. The van der Waals surface area contributed by atoms with Crippen LogP contribution in [0.3, 0.4) is 0 Å². The van der Waals surface area contributed by atoms with Gasteiger partial charge in [0.05, 0.1) is 18.7 Å². The summed E-state index contributed by atoms with van der Waals surface area (Å²) in [6.45, 7) is 7.03. The van der Waals surface area contributed by atoms with Gasteiger partial charge < -0.3 is 14.7 Å². The summed E-state index contributed by atoms with van der Waals surface area (Å²) < 4.78 is 5.54. The lowest BCUT2D eigenvalue weighted by atomic mass is 9.91. The molecule has 0 spiro atoms. The van der Waals surface area contributed by atoms with E-state index in [0.717, 1.165) is 5.75 Å². The van der Waals surface area contributed by atoms with E-state index in [9.17, 15) is 9.90 Å². The lowest BCUT2D eigenvalue weighted by Gasteiger charge is -2.45. The molecule has 1 saturated heterocycles. The number of benzene rings is 1. The number of nitrogens with zero attached hydrogens (tertiary/aromatic N) is 1. The Labute approximate surface area is 120 Å². The van der Waals surface area contributed by atoms with Crippen LogP contribution in [0.4, 0.5) is 0 Å². The number of likely N-dealkylation sites (tertiary alicyclic amines) is 1. The number of aliphatic hydroxyl groups is 1. The predicted octanol–water partition coefficient (Wildman–Crippen LogP) is 2.17. The number of ether oxygens (including phenoxy) is 1. The van der Waals surface area contributed by atoms with Crippen molar-refractivity contribution < 1.29 is 14.6 Å². The first-order valence-electron chi connectivity index (χ1n) is 7.16. The minimum Gasteiger partial charge on any atom is -0.484 e. The van der Waals surface area contributed by atoms with Gasteiger partial charge in [0.25, 0.3) is 5.91 Å². The smallest absolute Gasteiger partial charge is 0.260 e. The SMILES string of the molecule is CCC1(O)CN(C(=O)COc2cccc(C(C)C)c2)C1. The summed E-state index contributed by atoms with van der Waals surface area (Å²) in [5.74, 6) is 1.08. The standard InChI is InChI=1S/C16H23NO3/c1-4-16(19)10-17(11-16)15(18)9-20-14-7-5-6-13(8-14)12(2)3/h5-8,12,19H,4,9-11H2,1-3H3. The molecular weight excluding hydrogens is 254 g/mol. The van der Waals surface area contributed by atoms with Gasteiger partial charge in [0.2, 0.25) is 0 Å². The predicted molar refractivity (Wildman–Crippen MR) is 77.8 cm³/mol. The summed E-state index contributed by atoms with van der Waals surface area (Å²) in [7, 11) is 0. The lowest BCUT2D eigenvalue weighted by molar-refractivity contribution is -0.157. The Balaban J connectivity index is 1.84. The molecule has 20 heavy (non-hydrogen) atoms. The van der Waals surface area contributed by atoms with E-state index in [0.29, 0.717) is 25.4 Å². The van der Waals surface area contributed by atoms with Crippen molar-refractivity contribution in [2.45, 2.75) is 38.7 Å². The van der Waals surface area contributed by atoms with Gasteiger partial charge in [-0.2, -0.15) is 0 Å². The van der Waals surface area contributed by atoms with Crippen molar-refractivity contribution in [3.8, 4) is 5.75 Å². The van der Waals surface area contributed by atoms with Crippen molar-refractivity contribution in [1.82, 2.24) is 4.90 Å². The molecule has 2 rings (SSSR count). The summed E-state index contributed by atoms with van der Waals surface area (Å²) in [5, 5.41) is 9.89. The zero-order valence-corrected chi connectivity index (χ0v) is 12.4. The lowest BCUT2D eigenvalue weighted by Crippen LogP contribution is -2.63. The van der Waals surface area contributed by atoms with Gasteiger partial charge in [0.15, 0.2) is 6.61 Å². The van der Waals surface area contributed by atoms with Crippen LogP contribution >= 0.6 is 0 Å². The van der Waals surface area contributed by atoms with Crippen LogP contribution in [0.25, 0.3) is 0 Å². The molecule has 1 aliphatic heterocycles. The zero-order chi connectivity index (χ0) is 14.8. The molecule has 0 atom stereocenters. The summed E-state index contributed by atoms with van der Waals surface area (Å²) in [6.07, 6.45) is 0.675. The van der Waals surface area contributed by atoms with Crippen molar-refractivity contribution in [2.75, 3.05) is 19.7 Å². The fraction of sp³-hybridized carbons (Fsp3) is 0.562. The number of carbonyl (C=O) groups is 1. The Morgan fingerprint density at radius 1 is 1.45 bits per heavy atom. The number of hydrogen-bond donors (Lipinski definition) is 1. The minimum absolute atomic E-state index is 0.0291. The third-order valence-electron chi connectivity index (χ3n) is 3.87. The fourth-order valence-corrected chi connectivity index (χ4v) is 2.26. The van der Waals surface area contributed by atoms with Crippen molar-refractivity contribution in [1.29, 1.82) is 0 Å². The number of rotatable bonds is 5. The summed E-state index contributed by atoms with van der Waals surface area (Å²) >= 11 is 0. The number of β-amino-alcohol motifs (C(OH)–C–C–N with tert-alkyl or cyclic N) is 1. The maximum atomic E-state index is 11.9. The van der Waals surface area contributed by atoms with Gasteiger partial charge in [-0.15, -0.1) is 0 Å². The van der Waals surface area contributed by atoms with Crippen LogP contribution in [0.5, 0.6) is 5.75 Å². The average Bonchev–Trinajstić information content (AvgIpc) is 2.41. The van der Waals surface area contributed by atoms with E-state index in [-0.39, 0.29) is 12.5 Å². The van der Waals surface area contributed by atoms with E-state index < -0.39 is 5.60 Å². The number of amides is 1. The molecule has 1 N–H and O–H groups in total. The molecule has 1 fully saturated rings. The van der Waals surface area contributed by atoms with Crippen LogP contribution in [0, 0.1) is 0 Å². The van der Waals surface area contributed by atoms with E-state index in [2.05, 4.69) is 19.9 Å². The van der Waals surface area contributed by atoms with Crippen LogP contribution in [0.2, 0.25) is 0 Å². The highest BCUT2D eigenvalue weighted by Gasteiger charge is 2.41. The van der Waals surface area contributed by atoms with Gasteiger partial charge in [-0.3, -0.25) is 4.79 Å². The molecule has 0 aliphatic carbocycles.